The van der Waals surface area contributed by atoms with E-state index in [0.717, 1.165) is 31.7 Å². The number of aromatic nitrogens is 1. The number of aryl methyl sites for hydroxylation is 1. The van der Waals surface area contributed by atoms with Crippen LogP contribution in [-0.4, -0.2) is 46.9 Å². The molecule has 1 aromatic heterocycles. The van der Waals surface area contributed by atoms with Gasteiger partial charge >= 0.3 is 0 Å². The third-order valence-corrected chi connectivity index (χ3v) is 4.36. The second-order valence-corrected chi connectivity index (χ2v) is 6.37. The van der Waals surface area contributed by atoms with Crippen molar-refractivity contribution < 1.29 is 9.84 Å². The largest absolute Gasteiger partial charge is 0.393 e. The fourth-order valence-electron chi connectivity index (χ4n) is 3.13. The molecule has 1 aliphatic heterocycles. The van der Waals surface area contributed by atoms with Gasteiger partial charge in [0, 0.05) is 37.9 Å². The Morgan fingerprint density at radius 2 is 2.00 bits per heavy atom. The first-order chi connectivity index (χ1) is 11.2. The van der Waals surface area contributed by atoms with Crippen LogP contribution >= 0.6 is 0 Å². The van der Waals surface area contributed by atoms with E-state index >= 15 is 0 Å². The van der Waals surface area contributed by atoms with Crippen molar-refractivity contribution in [3.63, 3.8) is 0 Å². The zero-order chi connectivity index (χ0) is 16.1. The maximum Gasteiger partial charge on any atom is 0.108 e. The van der Waals surface area contributed by atoms with Crippen LogP contribution in [0.2, 0.25) is 0 Å². The van der Waals surface area contributed by atoms with Crippen molar-refractivity contribution in [2.75, 3.05) is 26.3 Å². The summed E-state index contributed by atoms with van der Waals surface area (Å²) in [6, 6.07) is 14.4. The Labute approximate surface area is 137 Å². The smallest absolute Gasteiger partial charge is 0.108 e. The molecule has 0 amide bonds. The highest BCUT2D eigenvalue weighted by Gasteiger charge is 2.36. The van der Waals surface area contributed by atoms with E-state index in [4.69, 9.17) is 4.74 Å². The molecule has 3 rings (SSSR count). The number of morpholine rings is 1. The first-order valence-corrected chi connectivity index (χ1v) is 8.12. The van der Waals surface area contributed by atoms with Crippen LogP contribution in [0.1, 0.15) is 16.8 Å². The van der Waals surface area contributed by atoms with Gasteiger partial charge in [-0.25, -0.2) is 0 Å². The Morgan fingerprint density at radius 3 is 2.70 bits per heavy atom. The second kappa shape index (κ2) is 7.21. The molecule has 0 radical (unpaired) electrons. The fourth-order valence-corrected chi connectivity index (χ4v) is 3.13. The lowest BCUT2D eigenvalue weighted by molar-refractivity contribution is -0.134. The normalized spacial score (nSPS) is 22.2. The molecule has 23 heavy (non-hydrogen) atoms. The molecule has 2 aromatic rings. The molecule has 1 aliphatic rings. The minimum absolute atomic E-state index is 0.0323. The third kappa shape index (κ3) is 4.16. The summed E-state index contributed by atoms with van der Waals surface area (Å²) in [4.78, 5) is 6.70. The molecular formula is C19H24N2O2. The van der Waals surface area contributed by atoms with Gasteiger partial charge in [-0.05, 0) is 24.1 Å². The van der Waals surface area contributed by atoms with Crippen LogP contribution < -0.4 is 0 Å². The maximum atomic E-state index is 9.96. The number of aliphatic hydroxyl groups excluding tert-OH is 1. The highest BCUT2D eigenvalue weighted by Crippen LogP contribution is 2.24. The molecular weight excluding hydrogens is 288 g/mol. The predicted molar refractivity (Wildman–Crippen MR) is 90.2 cm³/mol. The van der Waals surface area contributed by atoms with E-state index < -0.39 is 5.60 Å². The third-order valence-electron chi connectivity index (χ3n) is 4.36. The highest BCUT2D eigenvalue weighted by atomic mass is 16.5. The van der Waals surface area contributed by atoms with Crippen LogP contribution in [0.4, 0.5) is 0 Å². The number of ether oxygens (including phenoxy) is 1. The van der Waals surface area contributed by atoms with Crippen molar-refractivity contribution >= 4 is 0 Å². The molecule has 1 atom stereocenters. The van der Waals surface area contributed by atoms with Crippen LogP contribution in [0.15, 0.2) is 48.7 Å². The number of rotatable bonds is 5. The van der Waals surface area contributed by atoms with E-state index in [2.05, 4.69) is 28.1 Å². The van der Waals surface area contributed by atoms with Crippen LogP contribution in [0.25, 0.3) is 0 Å². The second-order valence-electron chi connectivity index (χ2n) is 6.37. The summed E-state index contributed by atoms with van der Waals surface area (Å²) in [5.41, 5.74) is 2.91. The number of nitrogens with zero attached hydrogens (tertiary/aromatic N) is 2. The quantitative estimate of drug-likeness (QED) is 0.919. The van der Waals surface area contributed by atoms with E-state index in [1.807, 2.05) is 37.4 Å². The molecule has 0 unspecified atom stereocenters. The van der Waals surface area contributed by atoms with Crippen LogP contribution in [0.5, 0.6) is 0 Å². The van der Waals surface area contributed by atoms with Crippen LogP contribution in [0, 0.1) is 6.92 Å². The molecule has 1 saturated heterocycles. The lowest BCUT2D eigenvalue weighted by Crippen LogP contribution is -2.55. The molecule has 0 aliphatic carbocycles. The number of benzene rings is 1. The van der Waals surface area contributed by atoms with Gasteiger partial charge in [-0.3, -0.25) is 9.88 Å². The van der Waals surface area contributed by atoms with Gasteiger partial charge in [0.2, 0.25) is 0 Å². The summed E-state index contributed by atoms with van der Waals surface area (Å²) in [7, 11) is 0. The molecule has 0 saturated carbocycles. The van der Waals surface area contributed by atoms with Gasteiger partial charge in [0.1, 0.15) is 5.60 Å². The predicted octanol–water partition coefficient (Wildman–Crippen LogP) is 2.20. The van der Waals surface area contributed by atoms with Gasteiger partial charge in [0.25, 0.3) is 0 Å². The number of aliphatic hydroxyl groups is 1. The summed E-state index contributed by atoms with van der Waals surface area (Å²) >= 11 is 0. The molecule has 122 valence electrons. The SMILES string of the molecule is Cc1ccc(CN2CCO[C@](CO)(Cc3ccccc3)C2)cn1. The van der Waals surface area contributed by atoms with Crippen molar-refractivity contribution in [1.82, 2.24) is 9.88 Å². The van der Waals surface area contributed by atoms with E-state index in [9.17, 15) is 5.11 Å². The minimum atomic E-state index is -0.516. The van der Waals surface area contributed by atoms with Gasteiger partial charge in [-0.1, -0.05) is 36.4 Å². The van der Waals surface area contributed by atoms with E-state index in [1.165, 1.54) is 11.1 Å². The zero-order valence-electron chi connectivity index (χ0n) is 13.6. The lowest BCUT2D eigenvalue weighted by atomic mass is 9.93. The molecule has 1 fully saturated rings. The lowest BCUT2D eigenvalue weighted by Gasteiger charge is -2.42. The molecule has 4 nitrogen and oxygen atoms in total. The zero-order valence-corrected chi connectivity index (χ0v) is 13.6. The van der Waals surface area contributed by atoms with Gasteiger partial charge in [0.15, 0.2) is 0 Å². The van der Waals surface area contributed by atoms with Crippen molar-refractivity contribution in [2.24, 2.45) is 0 Å². The Bertz CT molecular complexity index is 615. The monoisotopic (exact) mass is 312 g/mol. The maximum absolute atomic E-state index is 9.96. The summed E-state index contributed by atoms with van der Waals surface area (Å²) in [6.45, 7) is 5.12. The molecule has 4 heteroatoms. The van der Waals surface area contributed by atoms with Gasteiger partial charge < -0.3 is 9.84 Å². The fraction of sp³-hybridized carbons (Fsp3) is 0.421. The summed E-state index contributed by atoms with van der Waals surface area (Å²) in [6.07, 6.45) is 2.66. The van der Waals surface area contributed by atoms with E-state index in [-0.39, 0.29) is 6.61 Å². The van der Waals surface area contributed by atoms with Crippen molar-refractivity contribution in [2.45, 2.75) is 25.5 Å². The number of pyridine rings is 1. The molecule has 0 spiro atoms. The molecule has 1 N–H and O–H groups in total. The molecule has 2 heterocycles. The summed E-state index contributed by atoms with van der Waals surface area (Å²) in [5.74, 6) is 0. The van der Waals surface area contributed by atoms with Gasteiger partial charge in [0.05, 0.1) is 13.2 Å². The van der Waals surface area contributed by atoms with Crippen LogP contribution in [-0.2, 0) is 17.7 Å². The molecule has 1 aromatic carbocycles. The minimum Gasteiger partial charge on any atom is -0.393 e. The Morgan fingerprint density at radius 1 is 1.17 bits per heavy atom. The Kier molecular flexibility index (Phi) is 5.06. The standard InChI is InChI=1S/C19H24N2O2/c1-16-7-8-18(12-20-16)13-21-9-10-23-19(14-21,15-22)11-17-5-3-2-4-6-17/h2-8,12,22H,9-11,13-15H2,1H3/t19-/m1/s1. The van der Waals surface area contributed by atoms with E-state index in [1.54, 1.807) is 0 Å². The Hall–Kier alpha value is -1.75. The summed E-state index contributed by atoms with van der Waals surface area (Å²) < 4.78 is 6.00. The highest BCUT2D eigenvalue weighted by molar-refractivity contribution is 5.18. The average Bonchev–Trinajstić information content (AvgIpc) is 2.58. The van der Waals surface area contributed by atoms with Crippen LogP contribution in [0.3, 0.4) is 0 Å². The first-order valence-electron chi connectivity index (χ1n) is 8.12. The van der Waals surface area contributed by atoms with Gasteiger partial charge in [-0.2, -0.15) is 0 Å². The first kappa shape index (κ1) is 16.1. The van der Waals surface area contributed by atoms with Gasteiger partial charge in [-0.15, -0.1) is 0 Å². The summed E-state index contributed by atoms with van der Waals surface area (Å²) in [5, 5.41) is 9.96. The van der Waals surface area contributed by atoms with Crippen molar-refractivity contribution in [3.05, 3.63) is 65.5 Å². The number of hydrogen-bond donors (Lipinski definition) is 1. The average molecular weight is 312 g/mol. The topological polar surface area (TPSA) is 45.6 Å². The van der Waals surface area contributed by atoms with Crippen molar-refractivity contribution in [3.8, 4) is 0 Å². The Balaban J connectivity index is 1.68. The van der Waals surface area contributed by atoms with Crippen molar-refractivity contribution in [1.29, 1.82) is 0 Å². The molecule has 0 bridgehead atoms. The van der Waals surface area contributed by atoms with E-state index in [0.29, 0.717) is 6.61 Å². The number of hydrogen-bond acceptors (Lipinski definition) is 4.